The number of fused-ring (bicyclic) bond motifs is 1. The van der Waals surface area contributed by atoms with Crippen molar-refractivity contribution in [3.8, 4) is 0 Å². The minimum absolute atomic E-state index is 0.0567. The van der Waals surface area contributed by atoms with E-state index in [2.05, 4.69) is 39.0 Å². The first-order valence-electron chi connectivity index (χ1n) is 7.13. The third-order valence-electron chi connectivity index (χ3n) is 4.51. The minimum Gasteiger partial charge on any atom is -0.378 e. The summed E-state index contributed by atoms with van der Waals surface area (Å²) >= 11 is 0. The average molecular weight is 250 g/mol. The molecule has 0 aromatic heterocycles. The average Bonchev–Trinajstić information content (AvgIpc) is 2.38. The van der Waals surface area contributed by atoms with Gasteiger partial charge in [-0.1, -0.05) is 18.2 Å². The molecule has 0 aromatic rings. The fourth-order valence-electron chi connectivity index (χ4n) is 3.04. The first kappa shape index (κ1) is 13.8. The number of hydrogen-bond donors (Lipinski definition) is 0. The van der Waals surface area contributed by atoms with E-state index in [-0.39, 0.29) is 5.60 Å². The van der Waals surface area contributed by atoms with E-state index in [1.54, 1.807) is 0 Å². The second-order valence-corrected chi connectivity index (χ2v) is 5.94. The molecular weight excluding hydrogens is 224 g/mol. The lowest BCUT2D eigenvalue weighted by Gasteiger charge is -2.38. The molecule has 2 heteroatoms. The number of rotatable bonds is 4. The van der Waals surface area contributed by atoms with Gasteiger partial charge < -0.3 is 9.47 Å². The normalized spacial score (nSPS) is 32.0. The molecular formula is C16H26O2. The second kappa shape index (κ2) is 5.58. The summed E-state index contributed by atoms with van der Waals surface area (Å²) in [5, 5.41) is 0. The van der Waals surface area contributed by atoms with Crippen molar-refractivity contribution in [3.05, 3.63) is 23.8 Å². The summed E-state index contributed by atoms with van der Waals surface area (Å²) in [4.78, 5) is 0. The Hall–Kier alpha value is -0.600. The summed E-state index contributed by atoms with van der Waals surface area (Å²) in [6.45, 7) is 7.24. The molecule has 0 spiro atoms. The molecule has 102 valence electrons. The summed E-state index contributed by atoms with van der Waals surface area (Å²) in [5.74, 6) is 1.22. The van der Waals surface area contributed by atoms with Crippen molar-refractivity contribution in [2.75, 3.05) is 13.7 Å². The molecule has 2 nitrogen and oxygen atoms in total. The van der Waals surface area contributed by atoms with Crippen LogP contribution in [0, 0.1) is 11.8 Å². The third kappa shape index (κ3) is 2.86. The van der Waals surface area contributed by atoms with E-state index in [1.807, 2.05) is 7.11 Å². The Labute approximate surface area is 111 Å². The molecule has 18 heavy (non-hydrogen) atoms. The van der Waals surface area contributed by atoms with Crippen molar-refractivity contribution in [3.63, 3.8) is 0 Å². The van der Waals surface area contributed by atoms with Gasteiger partial charge in [-0.15, -0.1) is 0 Å². The van der Waals surface area contributed by atoms with Crippen molar-refractivity contribution in [2.24, 2.45) is 11.8 Å². The monoisotopic (exact) mass is 250 g/mol. The van der Waals surface area contributed by atoms with Gasteiger partial charge in [0, 0.05) is 19.6 Å². The molecule has 0 heterocycles. The molecule has 2 unspecified atom stereocenters. The molecule has 0 aromatic carbocycles. The predicted molar refractivity (Wildman–Crippen MR) is 74.6 cm³/mol. The summed E-state index contributed by atoms with van der Waals surface area (Å²) < 4.78 is 11.3. The van der Waals surface area contributed by atoms with Crippen LogP contribution in [-0.4, -0.2) is 25.4 Å². The first-order valence-corrected chi connectivity index (χ1v) is 7.13. The van der Waals surface area contributed by atoms with Gasteiger partial charge in [0.25, 0.3) is 0 Å². The van der Waals surface area contributed by atoms with Gasteiger partial charge in [0.2, 0.25) is 0 Å². The zero-order chi connectivity index (χ0) is 13.2. The maximum atomic E-state index is 5.71. The Morgan fingerprint density at radius 3 is 2.78 bits per heavy atom. The molecule has 2 rings (SSSR count). The number of hydrogen-bond acceptors (Lipinski definition) is 2. The zero-order valence-electron chi connectivity index (χ0n) is 12.1. The van der Waals surface area contributed by atoms with E-state index < -0.39 is 0 Å². The van der Waals surface area contributed by atoms with E-state index in [0.717, 1.165) is 13.0 Å². The largest absolute Gasteiger partial charge is 0.378 e. The van der Waals surface area contributed by atoms with Gasteiger partial charge in [-0.3, -0.25) is 0 Å². The Balaban J connectivity index is 2.09. The lowest BCUT2D eigenvalue weighted by atomic mass is 9.72. The molecule has 0 saturated heterocycles. The fraction of sp³-hybridized carbons (Fsp3) is 0.750. The highest BCUT2D eigenvalue weighted by Gasteiger charge is 2.34. The van der Waals surface area contributed by atoms with Crippen molar-refractivity contribution in [2.45, 2.75) is 51.7 Å². The Kier molecular flexibility index (Phi) is 4.29. The summed E-state index contributed by atoms with van der Waals surface area (Å²) in [5.41, 5.74) is 1.42. The van der Waals surface area contributed by atoms with E-state index in [0.29, 0.717) is 17.9 Å². The van der Waals surface area contributed by atoms with Gasteiger partial charge in [0.05, 0.1) is 11.7 Å². The molecule has 2 aliphatic rings. The lowest BCUT2D eigenvalue weighted by Crippen LogP contribution is -2.36. The van der Waals surface area contributed by atoms with Crippen molar-refractivity contribution < 1.29 is 9.47 Å². The van der Waals surface area contributed by atoms with E-state index in [4.69, 9.17) is 9.47 Å². The topological polar surface area (TPSA) is 18.5 Å². The quantitative estimate of drug-likeness (QED) is 0.757. The van der Waals surface area contributed by atoms with Crippen LogP contribution >= 0.6 is 0 Å². The number of methoxy groups -OCH3 is 1. The zero-order valence-corrected chi connectivity index (χ0v) is 12.1. The standard InChI is InChI=1S/C16H26O2/c1-5-18-15-9-7-12-10-14(16(2,3)17-4)8-6-13(12)11-15/h6,8,11-12,14-15H,5,7,9-10H2,1-4H3/t12-,14?,15?/m1/s1. The second-order valence-electron chi connectivity index (χ2n) is 5.94. The molecule has 0 aliphatic heterocycles. The highest BCUT2D eigenvalue weighted by Crippen LogP contribution is 2.40. The van der Waals surface area contributed by atoms with E-state index >= 15 is 0 Å². The van der Waals surface area contributed by atoms with Crippen LogP contribution in [0.2, 0.25) is 0 Å². The van der Waals surface area contributed by atoms with Crippen molar-refractivity contribution in [1.29, 1.82) is 0 Å². The SMILES string of the molecule is CCOC1C=C2C=CC(C(C)(C)OC)C[C@H]2CC1. The van der Waals surface area contributed by atoms with Crippen LogP contribution in [0.1, 0.15) is 40.0 Å². The van der Waals surface area contributed by atoms with Crippen LogP contribution in [0.5, 0.6) is 0 Å². The van der Waals surface area contributed by atoms with Gasteiger partial charge in [0.15, 0.2) is 0 Å². The van der Waals surface area contributed by atoms with Gasteiger partial charge >= 0.3 is 0 Å². The Bertz CT molecular complexity index is 341. The number of allylic oxidation sites excluding steroid dienone is 2. The molecule has 0 bridgehead atoms. The van der Waals surface area contributed by atoms with Crippen LogP contribution in [-0.2, 0) is 9.47 Å². The van der Waals surface area contributed by atoms with Crippen LogP contribution in [0.4, 0.5) is 0 Å². The van der Waals surface area contributed by atoms with Crippen LogP contribution in [0.25, 0.3) is 0 Å². The predicted octanol–water partition coefficient (Wildman–Crippen LogP) is 3.73. The molecule has 2 aliphatic carbocycles. The maximum absolute atomic E-state index is 5.71. The van der Waals surface area contributed by atoms with Gasteiger partial charge in [-0.05, 0) is 51.5 Å². The van der Waals surface area contributed by atoms with Gasteiger partial charge in [0.1, 0.15) is 0 Å². The van der Waals surface area contributed by atoms with Crippen LogP contribution in [0.3, 0.4) is 0 Å². The molecule has 0 radical (unpaired) electrons. The Morgan fingerprint density at radius 2 is 2.11 bits per heavy atom. The first-order chi connectivity index (χ1) is 8.56. The molecule has 3 atom stereocenters. The summed E-state index contributed by atoms with van der Waals surface area (Å²) in [7, 11) is 1.81. The number of ether oxygens (including phenoxy) is 2. The van der Waals surface area contributed by atoms with E-state index in [1.165, 1.54) is 18.4 Å². The molecule has 0 N–H and O–H groups in total. The van der Waals surface area contributed by atoms with Crippen LogP contribution < -0.4 is 0 Å². The van der Waals surface area contributed by atoms with Crippen LogP contribution in [0.15, 0.2) is 23.8 Å². The minimum atomic E-state index is -0.0567. The fourth-order valence-corrected chi connectivity index (χ4v) is 3.04. The molecule has 0 fully saturated rings. The van der Waals surface area contributed by atoms with Crippen molar-refractivity contribution >= 4 is 0 Å². The molecule has 0 amide bonds. The van der Waals surface area contributed by atoms with Gasteiger partial charge in [-0.25, -0.2) is 0 Å². The van der Waals surface area contributed by atoms with Crippen molar-refractivity contribution in [1.82, 2.24) is 0 Å². The maximum Gasteiger partial charge on any atom is 0.0761 e. The summed E-state index contributed by atoms with van der Waals surface area (Å²) in [6.07, 6.45) is 10.9. The highest BCUT2D eigenvalue weighted by atomic mass is 16.5. The highest BCUT2D eigenvalue weighted by molar-refractivity contribution is 5.30. The molecule has 0 saturated carbocycles. The lowest BCUT2D eigenvalue weighted by molar-refractivity contribution is -0.0205. The third-order valence-corrected chi connectivity index (χ3v) is 4.51. The Morgan fingerprint density at radius 1 is 1.33 bits per heavy atom. The van der Waals surface area contributed by atoms with Gasteiger partial charge in [-0.2, -0.15) is 0 Å². The summed E-state index contributed by atoms with van der Waals surface area (Å²) in [6, 6.07) is 0. The smallest absolute Gasteiger partial charge is 0.0761 e. The van der Waals surface area contributed by atoms with E-state index in [9.17, 15) is 0 Å².